The number of nitriles is 1. The Morgan fingerprint density at radius 3 is 3.21 bits per heavy atom. The molecule has 0 spiro atoms. The van der Waals surface area contributed by atoms with Crippen LogP contribution in [0.2, 0.25) is 0 Å². The molecule has 2 aliphatic rings. The maximum Gasteiger partial charge on any atom is 0.183 e. The summed E-state index contributed by atoms with van der Waals surface area (Å²) in [6.45, 7) is 1.54. The molecule has 2 rings (SSSR count). The van der Waals surface area contributed by atoms with Crippen LogP contribution in [0.15, 0.2) is 33.9 Å². The van der Waals surface area contributed by atoms with Gasteiger partial charge in [-0.05, 0) is 43.6 Å². The van der Waals surface area contributed by atoms with Crippen molar-refractivity contribution < 1.29 is 4.79 Å². The van der Waals surface area contributed by atoms with Crippen molar-refractivity contribution in [1.29, 1.82) is 5.26 Å². The first kappa shape index (κ1) is 18.3. The third-order valence-electron chi connectivity index (χ3n) is 3.96. The van der Waals surface area contributed by atoms with E-state index in [9.17, 15) is 4.79 Å². The zero-order valence-corrected chi connectivity index (χ0v) is 14.8. The van der Waals surface area contributed by atoms with Crippen LogP contribution in [0.3, 0.4) is 0 Å². The van der Waals surface area contributed by atoms with Crippen molar-refractivity contribution in [2.45, 2.75) is 38.1 Å². The zero-order valence-electron chi connectivity index (χ0n) is 13.9. The highest BCUT2D eigenvalue weighted by Crippen LogP contribution is 2.25. The van der Waals surface area contributed by atoms with E-state index in [0.29, 0.717) is 18.1 Å². The Morgan fingerprint density at radius 1 is 1.58 bits per heavy atom. The van der Waals surface area contributed by atoms with Gasteiger partial charge in [-0.1, -0.05) is 23.9 Å². The summed E-state index contributed by atoms with van der Waals surface area (Å²) in [7, 11) is 0. The Morgan fingerprint density at radius 2 is 2.46 bits per heavy atom. The van der Waals surface area contributed by atoms with Gasteiger partial charge in [-0.3, -0.25) is 20.1 Å². The number of thioether (sulfide) groups is 1. The van der Waals surface area contributed by atoms with Crippen LogP contribution < -0.4 is 5.32 Å². The number of rotatable bonds is 6. The summed E-state index contributed by atoms with van der Waals surface area (Å²) in [6.07, 6.45) is 15.7. The molecule has 0 amide bonds. The maximum absolute atomic E-state index is 11.6. The highest BCUT2D eigenvalue weighted by atomic mass is 32.2. The molecule has 0 saturated carbocycles. The smallest absolute Gasteiger partial charge is 0.183 e. The minimum absolute atomic E-state index is 0.172. The molecule has 1 aliphatic carbocycles. The van der Waals surface area contributed by atoms with E-state index in [1.165, 1.54) is 17.3 Å². The largest absolute Gasteiger partial charge is 0.294 e. The van der Waals surface area contributed by atoms with E-state index < -0.39 is 0 Å². The van der Waals surface area contributed by atoms with E-state index >= 15 is 0 Å². The van der Waals surface area contributed by atoms with Crippen molar-refractivity contribution in [2.24, 2.45) is 10.1 Å². The molecular weight excluding hydrogens is 322 g/mol. The fourth-order valence-corrected chi connectivity index (χ4v) is 3.18. The first-order valence-electron chi connectivity index (χ1n) is 8.17. The predicted octanol–water partition coefficient (Wildman–Crippen LogP) is 2.46. The summed E-state index contributed by atoms with van der Waals surface area (Å²) in [5, 5.41) is 18.5. The zero-order chi connectivity index (χ0) is 17.2. The van der Waals surface area contributed by atoms with E-state index in [-0.39, 0.29) is 11.8 Å². The molecule has 0 aromatic carbocycles. The van der Waals surface area contributed by atoms with Crippen LogP contribution in [0.1, 0.15) is 32.1 Å². The highest BCUT2D eigenvalue weighted by molar-refractivity contribution is 8.13. The lowest BCUT2D eigenvalue weighted by atomic mass is 9.93. The van der Waals surface area contributed by atoms with Crippen LogP contribution in [0.5, 0.6) is 0 Å². The highest BCUT2D eigenvalue weighted by Gasteiger charge is 2.24. The summed E-state index contributed by atoms with van der Waals surface area (Å²) >= 11 is 1.44. The second kappa shape index (κ2) is 9.93. The fourth-order valence-electron chi connectivity index (χ4n) is 2.81. The van der Waals surface area contributed by atoms with E-state index in [2.05, 4.69) is 26.5 Å². The Labute approximate surface area is 147 Å². The monoisotopic (exact) mass is 345 g/mol. The van der Waals surface area contributed by atoms with Gasteiger partial charge in [0.05, 0.1) is 6.04 Å². The molecule has 0 radical (unpaired) electrons. The van der Waals surface area contributed by atoms with Crippen molar-refractivity contribution in [3.8, 4) is 6.19 Å². The van der Waals surface area contributed by atoms with Gasteiger partial charge < -0.3 is 0 Å². The molecule has 6 nitrogen and oxygen atoms in total. The average molecular weight is 345 g/mol. The lowest BCUT2D eigenvalue weighted by molar-refractivity contribution is -0.114. The molecule has 0 aromatic heterocycles. The Balaban J connectivity index is 1.82. The van der Waals surface area contributed by atoms with Gasteiger partial charge in [0.15, 0.2) is 17.1 Å². The Kier molecular flexibility index (Phi) is 7.56. The molecule has 1 unspecified atom stereocenters. The average Bonchev–Trinajstić information content (AvgIpc) is 2.61. The fraction of sp³-hybridized carbons (Fsp3) is 0.529. The van der Waals surface area contributed by atoms with Crippen LogP contribution in [0, 0.1) is 11.5 Å². The number of carbonyl (C=O) groups is 1. The number of hydrogen-bond acceptors (Lipinski definition) is 6. The van der Waals surface area contributed by atoms with Crippen LogP contribution in [0.4, 0.5) is 0 Å². The molecule has 0 fully saturated rings. The van der Waals surface area contributed by atoms with Gasteiger partial charge >= 0.3 is 0 Å². The number of allylic oxidation sites excluding steroid dienone is 3. The molecule has 1 N–H and O–H groups in total. The van der Waals surface area contributed by atoms with Crippen LogP contribution >= 0.6 is 11.8 Å². The molecule has 7 heteroatoms. The van der Waals surface area contributed by atoms with Crippen LogP contribution in [-0.4, -0.2) is 47.6 Å². The molecule has 0 aromatic rings. The normalized spacial score (nSPS) is 20.8. The van der Waals surface area contributed by atoms with Crippen molar-refractivity contribution in [1.82, 2.24) is 10.3 Å². The van der Waals surface area contributed by atoms with Crippen LogP contribution in [-0.2, 0) is 4.79 Å². The lowest BCUT2D eigenvalue weighted by Crippen LogP contribution is -2.37. The van der Waals surface area contributed by atoms with Crippen molar-refractivity contribution in [2.75, 3.05) is 19.3 Å². The second-order valence-corrected chi connectivity index (χ2v) is 6.43. The van der Waals surface area contributed by atoms with Crippen molar-refractivity contribution >= 4 is 28.9 Å². The molecule has 24 heavy (non-hydrogen) atoms. The molecule has 1 heterocycles. The maximum atomic E-state index is 11.6. The van der Waals surface area contributed by atoms with E-state index in [1.807, 2.05) is 24.7 Å². The molecule has 1 aliphatic heterocycles. The second-order valence-electron chi connectivity index (χ2n) is 5.63. The summed E-state index contributed by atoms with van der Waals surface area (Å²) in [6, 6.07) is 0.231. The van der Waals surface area contributed by atoms with Gasteiger partial charge in [0.2, 0.25) is 0 Å². The number of ketones is 1. The van der Waals surface area contributed by atoms with Gasteiger partial charge in [-0.15, -0.1) is 0 Å². The number of unbranched alkanes of at least 4 members (excludes halogenated alkanes) is 1. The summed E-state index contributed by atoms with van der Waals surface area (Å²) in [4.78, 5) is 16.0. The van der Waals surface area contributed by atoms with Crippen molar-refractivity contribution in [3.63, 3.8) is 0 Å². The Bertz CT molecular complexity index is 603. The standard InChI is InChI=1S/C17H23N5OS/c1-24-17(20-13-18)19-9-2-3-11-22-16(8-5-10-21-22)14-6-4-7-15(23)12-14/h4,6-7,10,16H,2-3,5,8-9,11-12H2,1H3,(H,19,20). The lowest BCUT2D eigenvalue weighted by Gasteiger charge is -2.34. The number of nitrogens with zero attached hydrogens (tertiary/aromatic N) is 4. The number of hydrazone groups is 1. The van der Waals surface area contributed by atoms with Gasteiger partial charge in [-0.2, -0.15) is 10.4 Å². The topological polar surface area (TPSA) is 80.8 Å². The number of carbonyl (C=O) groups excluding carboxylic acids is 1. The third kappa shape index (κ3) is 5.53. The number of amidine groups is 1. The van der Waals surface area contributed by atoms with E-state index in [1.54, 1.807) is 6.08 Å². The molecule has 0 saturated heterocycles. The summed E-state index contributed by atoms with van der Waals surface area (Å²) in [5.41, 5.74) is 1.17. The van der Waals surface area contributed by atoms with Gasteiger partial charge in [-0.25, -0.2) is 0 Å². The molecule has 1 atom stereocenters. The van der Waals surface area contributed by atoms with E-state index in [4.69, 9.17) is 5.26 Å². The molecular formula is C17H23N5OS. The molecule has 0 bridgehead atoms. The SMILES string of the molecule is CSC(=NCCCCN1N=CCCC1C1=CC=CC(=O)C1)NC#N. The summed E-state index contributed by atoms with van der Waals surface area (Å²) in [5.74, 6) is 0.172. The van der Waals surface area contributed by atoms with Crippen molar-refractivity contribution in [3.05, 3.63) is 23.8 Å². The first-order valence-corrected chi connectivity index (χ1v) is 9.39. The van der Waals surface area contributed by atoms with Gasteiger partial charge in [0, 0.05) is 25.7 Å². The molecule has 128 valence electrons. The number of aliphatic imine (C=N–C) groups is 1. The van der Waals surface area contributed by atoms with Crippen LogP contribution in [0.25, 0.3) is 0 Å². The summed E-state index contributed by atoms with van der Waals surface area (Å²) < 4.78 is 0. The number of hydrogen-bond donors (Lipinski definition) is 1. The van der Waals surface area contributed by atoms with E-state index in [0.717, 1.165) is 32.2 Å². The Hall–Kier alpha value is -2.07. The third-order valence-corrected chi connectivity index (χ3v) is 4.58. The van der Waals surface area contributed by atoms with Gasteiger partial charge in [0.25, 0.3) is 0 Å². The predicted molar refractivity (Wildman–Crippen MR) is 98.9 cm³/mol. The van der Waals surface area contributed by atoms with Gasteiger partial charge in [0.1, 0.15) is 0 Å². The number of nitrogens with one attached hydrogen (secondary N) is 1. The quantitative estimate of drug-likeness (QED) is 0.263. The minimum Gasteiger partial charge on any atom is -0.294 e. The first-order chi connectivity index (χ1) is 11.7. The minimum atomic E-state index is 0.172.